The molecule has 0 heterocycles. The van der Waals surface area contributed by atoms with E-state index in [1.165, 1.54) is 14.0 Å². The van der Waals surface area contributed by atoms with E-state index in [9.17, 15) is 24.0 Å². The minimum Gasteiger partial charge on any atom is -0.463 e. The van der Waals surface area contributed by atoms with Crippen molar-refractivity contribution in [2.75, 3.05) is 59.8 Å². The number of amides is 2. The summed E-state index contributed by atoms with van der Waals surface area (Å²) in [6.45, 7) is 5.62. The summed E-state index contributed by atoms with van der Waals surface area (Å²) in [6, 6.07) is 0. The molecule has 12 heteroatoms. The number of esters is 3. The van der Waals surface area contributed by atoms with Crippen LogP contribution < -0.4 is 10.6 Å². The fourth-order valence-electron chi connectivity index (χ4n) is 1.76. The number of ether oxygens (including phenoxy) is 5. The second-order valence-corrected chi connectivity index (χ2v) is 6.02. The van der Waals surface area contributed by atoms with Gasteiger partial charge in [-0.1, -0.05) is 6.58 Å². The normalized spacial score (nSPS) is 10.0. The number of rotatable bonds is 17. The van der Waals surface area contributed by atoms with Crippen LogP contribution in [0.5, 0.6) is 0 Å². The molecular formula is C19H30N2O10. The molecule has 0 unspecified atom stereocenters. The quantitative estimate of drug-likeness (QED) is 0.0921. The summed E-state index contributed by atoms with van der Waals surface area (Å²) >= 11 is 0. The molecule has 176 valence electrons. The Balaban J connectivity index is 3.65. The predicted octanol–water partition coefficient (Wildman–Crippen LogP) is -1.13. The van der Waals surface area contributed by atoms with Crippen LogP contribution in [0.4, 0.5) is 0 Å². The molecule has 31 heavy (non-hydrogen) atoms. The van der Waals surface area contributed by atoms with E-state index in [2.05, 4.69) is 17.2 Å². The van der Waals surface area contributed by atoms with Gasteiger partial charge in [-0.05, 0) is 6.92 Å². The van der Waals surface area contributed by atoms with Gasteiger partial charge in [-0.15, -0.1) is 0 Å². The fraction of sp³-hybridized carbons (Fsp3) is 0.632. The number of hydrogen-bond acceptors (Lipinski definition) is 10. The molecule has 0 aromatic heterocycles. The van der Waals surface area contributed by atoms with Crippen molar-refractivity contribution in [1.29, 1.82) is 0 Å². The molecule has 0 aliphatic heterocycles. The first-order chi connectivity index (χ1) is 14.8. The topological polar surface area (TPSA) is 156 Å². The molecule has 0 atom stereocenters. The molecule has 0 spiro atoms. The lowest BCUT2D eigenvalue weighted by molar-refractivity contribution is -0.149. The van der Waals surface area contributed by atoms with Crippen molar-refractivity contribution in [2.24, 2.45) is 0 Å². The highest BCUT2D eigenvalue weighted by Crippen LogP contribution is 1.92. The van der Waals surface area contributed by atoms with Crippen LogP contribution in [0.3, 0.4) is 0 Å². The first-order valence-electron chi connectivity index (χ1n) is 9.50. The van der Waals surface area contributed by atoms with Gasteiger partial charge in [0.25, 0.3) is 0 Å². The van der Waals surface area contributed by atoms with E-state index in [-0.39, 0.29) is 58.3 Å². The first kappa shape index (κ1) is 28.0. The van der Waals surface area contributed by atoms with Gasteiger partial charge < -0.3 is 34.3 Å². The van der Waals surface area contributed by atoms with E-state index in [1.54, 1.807) is 0 Å². The molecule has 0 aromatic rings. The number of carbonyl (C=O) groups excluding carboxylic acids is 5. The van der Waals surface area contributed by atoms with Crippen LogP contribution in [0.15, 0.2) is 12.2 Å². The smallest absolute Gasteiger partial charge is 0.333 e. The SMILES string of the molecule is C=C(C)C(=O)OCCOCCOC(=O)CC(=O)NCCNC(=O)CC(=O)OCCOC. The van der Waals surface area contributed by atoms with Crippen LogP contribution in [-0.4, -0.2) is 89.6 Å². The summed E-state index contributed by atoms with van der Waals surface area (Å²) in [6.07, 6.45) is -0.932. The van der Waals surface area contributed by atoms with Gasteiger partial charge in [-0.3, -0.25) is 19.2 Å². The van der Waals surface area contributed by atoms with Crippen LogP contribution in [0.25, 0.3) is 0 Å². The van der Waals surface area contributed by atoms with Crippen molar-refractivity contribution in [3.05, 3.63) is 12.2 Å². The molecule has 0 fully saturated rings. The number of carbonyl (C=O) groups is 5. The van der Waals surface area contributed by atoms with Gasteiger partial charge in [0.2, 0.25) is 11.8 Å². The van der Waals surface area contributed by atoms with Crippen molar-refractivity contribution in [3.63, 3.8) is 0 Å². The third-order valence-corrected chi connectivity index (χ3v) is 3.23. The molecule has 0 rings (SSSR count). The van der Waals surface area contributed by atoms with Gasteiger partial charge in [0.15, 0.2) is 0 Å². The molecule has 2 amide bonds. The maximum atomic E-state index is 11.6. The minimum atomic E-state index is -0.738. The van der Waals surface area contributed by atoms with Gasteiger partial charge >= 0.3 is 17.9 Å². The zero-order valence-corrected chi connectivity index (χ0v) is 17.9. The molecule has 0 aromatic carbocycles. The van der Waals surface area contributed by atoms with E-state index >= 15 is 0 Å². The summed E-state index contributed by atoms with van der Waals surface area (Å²) < 4.78 is 24.2. The average Bonchev–Trinajstić information content (AvgIpc) is 2.70. The first-order valence-corrected chi connectivity index (χ1v) is 9.50. The van der Waals surface area contributed by atoms with Crippen molar-refractivity contribution in [2.45, 2.75) is 19.8 Å². The number of hydrogen-bond donors (Lipinski definition) is 2. The molecule has 12 nitrogen and oxygen atoms in total. The van der Waals surface area contributed by atoms with Crippen LogP contribution in [0.1, 0.15) is 19.8 Å². The zero-order chi connectivity index (χ0) is 23.5. The van der Waals surface area contributed by atoms with Crippen LogP contribution in [0, 0.1) is 0 Å². The Kier molecular flexibility index (Phi) is 16.1. The lowest BCUT2D eigenvalue weighted by Gasteiger charge is -2.08. The Hall–Kier alpha value is -2.99. The van der Waals surface area contributed by atoms with Crippen molar-refractivity contribution in [3.8, 4) is 0 Å². The van der Waals surface area contributed by atoms with Crippen molar-refractivity contribution < 1.29 is 47.7 Å². The van der Waals surface area contributed by atoms with E-state index in [0.717, 1.165) is 0 Å². The molecule has 0 bridgehead atoms. The van der Waals surface area contributed by atoms with E-state index in [4.69, 9.17) is 23.7 Å². The second-order valence-electron chi connectivity index (χ2n) is 6.02. The van der Waals surface area contributed by atoms with Crippen molar-refractivity contribution in [1.82, 2.24) is 10.6 Å². The molecule has 0 saturated carbocycles. The molecule has 0 saturated heterocycles. The molecule has 0 radical (unpaired) electrons. The maximum Gasteiger partial charge on any atom is 0.333 e. The Bertz CT molecular complexity index is 621. The number of methoxy groups -OCH3 is 1. The number of nitrogens with one attached hydrogen (secondary N) is 2. The van der Waals surface area contributed by atoms with E-state index < -0.39 is 42.6 Å². The average molecular weight is 446 g/mol. The molecule has 2 N–H and O–H groups in total. The molecule has 0 aliphatic rings. The Morgan fingerprint density at radius 1 is 0.710 bits per heavy atom. The Morgan fingerprint density at radius 3 is 1.61 bits per heavy atom. The minimum absolute atomic E-state index is 0.0492. The summed E-state index contributed by atoms with van der Waals surface area (Å²) in [5.41, 5.74) is 0.285. The van der Waals surface area contributed by atoms with Crippen LogP contribution in [0.2, 0.25) is 0 Å². The van der Waals surface area contributed by atoms with Crippen molar-refractivity contribution >= 4 is 29.7 Å². The second kappa shape index (κ2) is 17.8. The van der Waals surface area contributed by atoms with Gasteiger partial charge in [0.1, 0.15) is 32.7 Å². The zero-order valence-electron chi connectivity index (χ0n) is 17.9. The van der Waals surface area contributed by atoms with Gasteiger partial charge in [0, 0.05) is 25.8 Å². The van der Waals surface area contributed by atoms with Gasteiger partial charge in [-0.2, -0.15) is 0 Å². The Morgan fingerprint density at radius 2 is 1.16 bits per heavy atom. The van der Waals surface area contributed by atoms with Gasteiger partial charge in [-0.25, -0.2) is 4.79 Å². The lowest BCUT2D eigenvalue weighted by atomic mass is 10.4. The lowest BCUT2D eigenvalue weighted by Crippen LogP contribution is -2.36. The summed E-state index contributed by atoms with van der Waals surface area (Å²) in [7, 11) is 1.46. The standard InChI is InChI=1S/C19H30N2O10/c1-14(2)19(26)31-11-8-28-7-10-30-18(25)13-16(23)21-5-4-20-15(22)12-17(24)29-9-6-27-3/h1,4-13H2,2-3H3,(H,20,22)(H,21,23). The fourth-order valence-corrected chi connectivity index (χ4v) is 1.76. The summed E-state index contributed by atoms with van der Waals surface area (Å²) in [5.74, 6) is -3.06. The highest BCUT2D eigenvalue weighted by atomic mass is 16.6. The highest BCUT2D eigenvalue weighted by Gasteiger charge is 2.12. The molecular weight excluding hydrogens is 416 g/mol. The van der Waals surface area contributed by atoms with E-state index in [1.807, 2.05) is 0 Å². The van der Waals surface area contributed by atoms with Crippen LogP contribution in [-0.2, 0) is 47.7 Å². The monoisotopic (exact) mass is 446 g/mol. The van der Waals surface area contributed by atoms with Crippen LogP contribution >= 0.6 is 0 Å². The van der Waals surface area contributed by atoms with Gasteiger partial charge in [0.05, 0.1) is 19.8 Å². The summed E-state index contributed by atoms with van der Waals surface area (Å²) in [5, 5.41) is 4.86. The third-order valence-electron chi connectivity index (χ3n) is 3.23. The Labute approximate surface area is 180 Å². The largest absolute Gasteiger partial charge is 0.463 e. The maximum absolute atomic E-state index is 11.6. The molecule has 0 aliphatic carbocycles. The summed E-state index contributed by atoms with van der Waals surface area (Å²) in [4.78, 5) is 57.1. The predicted molar refractivity (Wildman–Crippen MR) is 106 cm³/mol. The van der Waals surface area contributed by atoms with E-state index in [0.29, 0.717) is 0 Å². The third kappa shape index (κ3) is 17.6. The highest BCUT2D eigenvalue weighted by molar-refractivity contribution is 5.95.